The molecule has 9 rings (SSSR count). The third kappa shape index (κ3) is 2.62. The lowest BCUT2D eigenvalue weighted by molar-refractivity contribution is 0.351. The fourth-order valence-corrected chi connectivity index (χ4v) is 9.24. The Bertz CT molecular complexity index is 1910. The maximum Gasteiger partial charge on any atom is 0.0541 e. The van der Waals surface area contributed by atoms with E-state index in [2.05, 4.69) is 165 Å². The molecule has 5 aromatic carbocycles. The Kier molecular flexibility index (Phi) is 4.58. The molecule has 1 spiro atoms. The van der Waals surface area contributed by atoms with E-state index in [0.717, 1.165) is 0 Å². The number of hydrogen-bond donors (Lipinski definition) is 0. The molecule has 0 saturated carbocycles. The van der Waals surface area contributed by atoms with Crippen LogP contribution in [-0.2, 0) is 16.2 Å². The molecule has 1 aliphatic heterocycles. The molecule has 2 atom stereocenters. The number of allylic oxidation sites excluding steroid dienone is 4. The van der Waals surface area contributed by atoms with Crippen LogP contribution in [0.15, 0.2) is 145 Å². The minimum Gasteiger partial charge on any atom is -0.313 e. The molecule has 1 heterocycles. The maximum atomic E-state index is 2.59. The number of fused-ring (bicyclic) bond motifs is 12. The van der Waals surface area contributed by atoms with Crippen molar-refractivity contribution in [3.63, 3.8) is 0 Å². The molecule has 0 amide bonds. The Morgan fingerprint density at radius 1 is 0.500 bits per heavy atom. The topological polar surface area (TPSA) is 3.24 Å². The van der Waals surface area contributed by atoms with E-state index in [4.69, 9.17) is 0 Å². The van der Waals surface area contributed by atoms with Gasteiger partial charge in [-0.05, 0) is 69.6 Å². The van der Waals surface area contributed by atoms with Crippen molar-refractivity contribution >= 4 is 11.4 Å². The molecule has 42 heavy (non-hydrogen) atoms. The fourth-order valence-electron chi connectivity index (χ4n) is 9.24. The molecule has 0 fully saturated rings. The van der Waals surface area contributed by atoms with Gasteiger partial charge in [-0.15, -0.1) is 0 Å². The zero-order valence-corrected chi connectivity index (χ0v) is 24.3. The molecule has 3 aliphatic carbocycles. The summed E-state index contributed by atoms with van der Waals surface area (Å²) in [5.41, 5.74) is 14.5. The predicted molar refractivity (Wildman–Crippen MR) is 173 cm³/mol. The van der Waals surface area contributed by atoms with Crippen LogP contribution in [-0.4, -0.2) is 0 Å². The Labute approximate surface area is 248 Å². The van der Waals surface area contributed by atoms with E-state index in [1.165, 1.54) is 61.6 Å². The summed E-state index contributed by atoms with van der Waals surface area (Å²) in [5, 5.41) is 0. The molecule has 0 N–H and O–H groups in total. The highest BCUT2D eigenvalue weighted by Gasteiger charge is 2.64. The highest BCUT2D eigenvalue weighted by Crippen LogP contribution is 2.69. The van der Waals surface area contributed by atoms with Crippen LogP contribution in [0.4, 0.5) is 11.4 Å². The molecular weight excluding hydrogens is 506 g/mol. The number of hydrogen-bond acceptors (Lipinski definition) is 1. The van der Waals surface area contributed by atoms with E-state index in [-0.39, 0.29) is 22.2 Å². The highest BCUT2D eigenvalue weighted by molar-refractivity contribution is 5.88. The first-order valence-electron chi connectivity index (χ1n) is 15.2. The van der Waals surface area contributed by atoms with Gasteiger partial charge in [-0.3, -0.25) is 0 Å². The van der Waals surface area contributed by atoms with E-state index >= 15 is 0 Å². The van der Waals surface area contributed by atoms with Crippen LogP contribution in [0.25, 0.3) is 11.1 Å². The average molecular weight is 540 g/mol. The summed E-state index contributed by atoms with van der Waals surface area (Å²) in [5.74, 6) is 0.210. The van der Waals surface area contributed by atoms with E-state index in [1.807, 2.05) is 0 Å². The van der Waals surface area contributed by atoms with Crippen LogP contribution in [0, 0.1) is 5.92 Å². The third-order valence-corrected chi connectivity index (χ3v) is 11.0. The van der Waals surface area contributed by atoms with Gasteiger partial charge in [-0.1, -0.05) is 135 Å². The van der Waals surface area contributed by atoms with Gasteiger partial charge < -0.3 is 4.90 Å². The van der Waals surface area contributed by atoms with Gasteiger partial charge in [0.1, 0.15) is 0 Å². The minimum atomic E-state index is -0.266. The number of benzene rings is 5. The molecule has 2 unspecified atom stereocenters. The van der Waals surface area contributed by atoms with E-state index in [0.29, 0.717) is 0 Å². The lowest BCUT2D eigenvalue weighted by Crippen LogP contribution is -2.46. The molecule has 0 bridgehead atoms. The largest absolute Gasteiger partial charge is 0.313 e. The summed E-state index contributed by atoms with van der Waals surface area (Å²) in [4.78, 5) is 2.59. The van der Waals surface area contributed by atoms with Gasteiger partial charge in [0.25, 0.3) is 0 Å². The summed E-state index contributed by atoms with van der Waals surface area (Å²) >= 11 is 0. The number of rotatable bonds is 1. The summed E-state index contributed by atoms with van der Waals surface area (Å²) in [7, 11) is 0. The van der Waals surface area contributed by atoms with Gasteiger partial charge in [-0.2, -0.15) is 0 Å². The smallest absolute Gasteiger partial charge is 0.0541 e. The maximum absolute atomic E-state index is 2.59. The van der Waals surface area contributed by atoms with Crippen LogP contribution >= 0.6 is 0 Å². The van der Waals surface area contributed by atoms with Crippen LogP contribution in [0.3, 0.4) is 0 Å². The van der Waals surface area contributed by atoms with E-state index < -0.39 is 0 Å². The van der Waals surface area contributed by atoms with Crippen molar-refractivity contribution in [2.45, 2.75) is 37.0 Å². The Morgan fingerprint density at radius 3 is 1.52 bits per heavy atom. The molecule has 1 nitrogen and oxygen atoms in total. The number of anilines is 2. The first-order chi connectivity index (χ1) is 20.5. The molecule has 0 aromatic heterocycles. The lowest BCUT2D eigenvalue weighted by Gasteiger charge is -2.49. The summed E-state index contributed by atoms with van der Waals surface area (Å²) in [6, 6.07) is 45.6. The van der Waals surface area contributed by atoms with Crippen molar-refractivity contribution in [2.75, 3.05) is 4.90 Å². The van der Waals surface area contributed by atoms with Crippen molar-refractivity contribution in [1.29, 1.82) is 0 Å². The second kappa shape index (κ2) is 8.01. The van der Waals surface area contributed by atoms with Gasteiger partial charge in [0, 0.05) is 33.8 Å². The van der Waals surface area contributed by atoms with Crippen molar-refractivity contribution < 1.29 is 0 Å². The van der Waals surface area contributed by atoms with Crippen LogP contribution in [0.2, 0.25) is 0 Å². The molecular formula is C41H33N. The summed E-state index contributed by atoms with van der Waals surface area (Å²) in [6.45, 7) is 7.25. The van der Waals surface area contributed by atoms with Crippen molar-refractivity contribution in [2.24, 2.45) is 5.92 Å². The molecule has 5 aromatic rings. The zero-order chi connectivity index (χ0) is 28.3. The van der Waals surface area contributed by atoms with Crippen molar-refractivity contribution in [3.8, 4) is 11.1 Å². The first kappa shape index (κ1) is 24.0. The molecule has 0 radical (unpaired) electrons. The van der Waals surface area contributed by atoms with Gasteiger partial charge in [0.05, 0.1) is 5.41 Å². The van der Waals surface area contributed by atoms with E-state index in [9.17, 15) is 0 Å². The van der Waals surface area contributed by atoms with E-state index in [1.54, 1.807) is 0 Å². The van der Waals surface area contributed by atoms with Crippen LogP contribution in [0.1, 0.15) is 54.2 Å². The normalized spacial score (nSPS) is 22.9. The second-order valence-corrected chi connectivity index (χ2v) is 13.1. The predicted octanol–water partition coefficient (Wildman–Crippen LogP) is 9.82. The van der Waals surface area contributed by atoms with Gasteiger partial charge >= 0.3 is 0 Å². The summed E-state index contributed by atoms with van der Waals surface area (Å²) < 4.78 is 0. The van der Waals surface area contributed by atoms with Gasteiger partial charge in [0.15, 0.2) is 0 Å². The lowest BCUT2D eigenvalue weighted by atomic mass is 9.60. The molecule has 1 heteroatoms. The van der Waals surface area contributed by atoms with Gasteiger partial charge in [0.2, 0.25) is 0 Å². The fraction of sp³-hybridized carbons (Fsp3) is 0.171. The third-order valence-electron chi connectivity index (χ3n) is 11.0. The standard InChI is InChI=1S/C41H33N/c1-39(2)33-21-10-12-23-35(33)42(36-24-13-11-22-34(36)39)38-26-14-25-37-40(38,3)31-19-8-9-20-32(31)41(37)29-17-6-4-15-27(29)28-16-5-7-18-30(28)41/h4-26,37H,1-3H3. The van der Waals surface area contributed by atoms with Crippen molar-refractivity contribution in [3.05, 3.63) is 179 Å². The molecule has 0 saturated heterocycles. The summed E-state index contributed by atoms with van der Waals surface area (Å²) in [6.07, 6.45) is 7.24. The number of para-hydroxylation sites is 2. The Morgan fingerprint density at radius 2 is 0.952 bits per heavy atom. The van der Waals surface area contributed by atoms with Crippen molar-refractivity contribution in [1.82, 2.24) is 0 Å². The Hall–Kier alpha value is -4.62. The van der Waals surface area contributed by atoms with Gasteiger partial charge in [-0.25, -0.2) is 0 Å². The van der Waals surface area contributed by atoms with Crippen LogP contribution in [0.5, 0.6) is 0 Å². The van der Waals surface area contributed by atoms with Crippen LogP contribution < -0.4 is 4.90 Å². The second-order valence-electron chi connectivity index (χ2n) is 13.1. The monoisotopic (exact) mass is 539 g/mol. The average Bonchev–Trinajstić information content (AvgIpc) is 3.46. The number of nitrogens with zero attached hydrogens (tertiary/aromatic N) is 1. The SMILES string of the molecule is CC1(C)c2ccccc2N(C2=CC=CC3C2(C)c2ccccc2C32c3ccccc3-c3ccccc32)c2ccccc21. The minimum absolute atomic E-state index is 0.0901. The molecule has 4 aliphatic rings. The zero-order valence-electron chi connectivity index (χ0n) is 24.3. The quantitative estimate of drug-likeness (QED) is 0.205. The highest BCUT2D eigenvalue weighted by atomic mass is 15.2. The molecule has 202 valence electrons. The first-order valence-corrected chi connectivity index (χ1v) is 15.2. The Balaban J connectivity index is 1.36.